The fourth-order valence-corrected chi connectivity index (χ4v) is 4.43. The van der Waals surface area contributed by atoms with E-state index in [1.54, 1.807) is 11.0 Å². The number of fused-ring (bicyclic) bond motifs is 1. The number of rotatable bonds is 6. The van der Waals surface area contributed by atoms with Gasteiger partial charge in [-0.05, 0) is 42.8 Å². The van der Waals surface area contributed by atoms with Crippen LogP contribution in [0, 0.1) is 6.92 Å². The molecule has 0 spiro atoms. The van der Waals surface area contributed by atoms with Crippen molar-refractivity contribution in [1.29, 1.82) is 0 Å². The number of benzene rings is 1. The zero-order valence-corrected chi connectivity index (χ0v) is 19.2. The summed E-state index contributed by atoms with van der Waals surface area (Å²) in [6.45, 7) is 10.2. The van der Waals surface area contributed by atoms with Crippen molar-refractivity contribution in [3.63, 3.8) is 0 Å². The van der Waals surface area contributed by atoms with Crippen molar-refractivity contribution in [3.05, 3.63) is 54.9 Å². The molecule has 5 rings (SSSR count). The number of pyridine rings is 1. The van der Waals surface area contributed by atoms with Gasteiger partial charge in [0.25, 0.3) is 0 Å². The van der Waals surface area contributed by atoms with Gasteiger partial charge >= 0.3 is 0 Å². The molecule has 0 unspecified atom stereocenters. The zero-order valence-electron chi connectivity index (χ0n) is 19.2. The summed E-state index contributed by atoms with van der Waals surface area (Å²) in [5.41, 5.74) is 4.68. The molecule has 9 nitrogen and oxygen atoms in total. The Morgan fingerprint density at radius 3 is 2.85 bits per heavy atom. The maximum Gasteiger partial charge on any atom is 0.246 e. The Kier molecular flexibility index (Phi) is 6.27. The minimum Gasteiger partial charge on any atom is -0.472 e. The second-order valence-corrected chi connectivity index (χ2v) is 8.48. The number of ether oxygens (including phenoxy) is 2. The lowest BCUT2D eigenvalue weighted by molar-refractivity contribution is -0.125. The van der Waals surface area contributed by atoms with Gasteiger partial charge in [0, 0.05) is 43.5 Å². The number of morpholine rings is 1. The van der Waals surface area contributed by atoms with Gasteiger partial charge in [0.05, 0.1) is 25.3 Å². The van der Waals surface area contributed by atoms with Crippen LogP contribution in [-0.2, 0) is 9.53 Å². The van der Waals surface area contributed by atoms with E-state index in [2.05, 4.69) is 56.9 Å². The molecule has 2 aliphatic rings. The van der Waals surface area contributed by atoms with E-state index in [-0.39, 0.29) is 12.0 Å². The van der Waals surface area contributed by atoms with E-state index in [0.29, 0.717) is 30.3 Å². The molecule has 4 heterocycles. The molecule has 176 valence electrons. The molecule has 0 aliphatic carbocycles. The Bertz CT molecular complexity index is 1210. The molecule has 1 amide bonds. The first-order valence-corrected chi connectivity index (χ1v) is 11.5. The number of carbonyl (C=O) groups excluding carboxylic acids is 1. The van der Waals surface area contributed by atoms with Crippen LogP contribution < -0.4 is 15.0 Å². The Morgan fingerprint density at radius 2 is 2.06 bits per heavy atom. The van der Waals surface area contributed by atoms with E-state index in [1.807, 2.05) is 6.07 Å². The normalized spacial score (nSPS) is 18.2. The monoisotopic (exact) mass is 460 g/mol. The highest BCUT2D eigenvalue weighted by Crippen LogP contribution is 2.28. The number of carbonyl (C=O) groups is 1. The highest BCUT2D eigenvalue weighted by Gasteiger charge is 2.26. The predicted octanol–water partition coefficient (Wildman–Crippen LogP) is 3.08. The van der Waals surface area contributed by atoms with Crippen LogP contribution in [0.5, 0.6) is 5.88 Å². The second kappa shape index (κ2) is 9.64. The molecule has 1 atom stereocenters. The quantitative estimate of drug-likeness (QED) is 0.561. The second-order valence-electron chi connectivity index (χ2n) is 8.48. The molecule has 0 saturated carbocycles. The van der Waals surface area contributed by atoms with E-state index in [4.69, 9.17) is 9.47 Å². The summed E-state index contributed by atoms with van der Waals surface area (Å²) < 4.78 is 11.5. The minimum absolute atomic E-state index is 0.0765. The van der Waals surface area contributed by atoms with Crippen LogP contribution in [-0.4, -0.2) is 71.3 Å². The first-order chi connectivity index (χ1) is 16.6. The van der Waals surface area contributed by atoms with Crippen molar-refractivity contribution in [3.8, 4) is 5.88 Å². The maximum absolute atomic E-state index is 11.8. The van der Waals surface area contributed by atoms with Crippen LogP contribution in [0.1, 0.15) is 12.0 Å². The van der Waals surface area contributed by atoms with Gasteiger partial charge in [-0.2, -0.15) is 0 Å². The lowest BCUT2D eigenvalue weighted by atomic mass is 10.1. The summed E-state index contributed by atoms with van der Waals surface area (Å²) in [5.74, 6) is 1.03. The summed E-state index contributed by atoms with van der Waals surface area (Å²) >= 11 is 0. The zero-order chi connectivity index (χ0) is 23.5. The molecule has 3 aromatic rings. The van der Waals surface area contributed by atoms with Crippen molar-refractivity contribution < 1.29 is 14.3 Å². The van der Waals surface area contributed by atoms with Gasteiger partial charge in [0.2, 0.25) is 11.8 Å². The fourth-order valence-electron chi connectivity index (χ4n) is 4.43. The average Bonchev–Trinajstić information content (AvgIpc) is 3.33. The van der Waals surface area contributed by atoms with Gasteiger partial charge in [-0.15, -0.1) is 0 Å². The molecular weight excluding hydrogens is 432 g/mol. The van der Waals surface area contributed by atoms with Crippen molar-refractivity contribution >= 4 is 34.1 Å². The Hall–Kier alpha value is -3.72. The predicted molar refractivity (Wildman–Crippen MR) is 131 cm³/mol. The smallest absolute Gasteiger partial charge is 0.246 e. The highest BCUT2D eigenvalue weighted by molar-refractivity contribution is 5.88. The SMILES string of the molecule is C=CC(=O)N1CC[C@H](Oc2ccc3ncnc(Nc4ccc(N5CCOCC5)c(C)c4)c3n2)C1. The number of nitrogens with zero attached hydrogens (tertiary/aromatic N) is 5. The number of likely N-dealkylation sites (tertiary alicyclic amines) is 1. The minimum atomic E-state index is -0.106. The number of aryl methyl sites for hydroxylation is 1. The molecule has 2 aromatic heterocycles. The van der Waals surface area contributed by atoms with Gasteiger partial charge in [-0.25, -0.2) is 15.0 Å². The Labute approximate surface area is 198 Å². The number of anilines is 3. The van der Waals surface area contributed by atoms with E-state index in [1.165, 1.54) is 23.7 Å². The van der Waals surface area contributed by atoms with Crippen LogP contribution in [0.2, 0.25) is 0 Å². The third-order valence-electron chi connectivity index (χ3n) is 6.19. The maximum atomic E-state index is 11.8. The van der Waals surface area contributed by atoms with Gasteiger partial charge in [0.1, 0.15) is 17.9 Å². The van der Waals surface area contributed by atoms with E-state index in [0.717, 1.165) is 43.9 Å². The molecule has 0 bridgehead atoms. The number of hydrogen-bond donors (Lipinski definition) is 1. The number of nitrogens with one attached hydrogen (secondary N) is 1. The van der Waals surface area contributed by atoms with E-state index in [9.17, 15) is 4.79 Å². The largest absolute Gasteiger partial charge is 0.472 e. The molecule has 0 radical (unpaired) electrons. The molecular formula is C25H28N6O3. The van der Waals surface area contributed by atoms with Crippen LogP contribution in [0.3, 0.4) is 0 Å². The first kappa shape index (κ1) is 22.1. The third-order valence-corrected chi connectivity index (χ3v) is 6.19. The molecule has 9 heteroatoms. The van der Waals surface area contributed by atoms with Gasteiger partial charge in [0.15, 0.2) is 5.82 Å². The van der Waals surface area contributed by atoms with E-state index < -0.39 is 0 Å². The summed E-state index contributed by atoms with van der Waals surface area (Å²) in [7, 11) is 0. The summed E-state index contributed by atoms with van der Waals surface area (Å²) in [4.78, 5) is 29.4. The van der Waals surface area contributed by atoms with Crippen LogP contribution in [0.25, 0.3) is 11.0 Å². The number of hydrogen-bond acceptors (Lipinski definition) is 8. The topological polar surface area (TPSA) is 92.7 Å². The van der Waals surface area contributed by atoms with Crippen molar-refractivity contribution in [2.45, 2.75) is 19.4 Å². The summed E-state index contributed by atoms with van der Waals surface area (Å²) in [6, 6.07) is 9.97. The third kappa shape index (κ3) is 4.65. The van der Waals surface area contributed by atoms with Gasteiger partial charge in [-0.3, -0.25) is 4.79 Å². The molecule has 2 saturated heterocycles. The van der Waals surface area contributed by atoms with Crippen LogP contribution >= 0.6 is 0 Å². The average molecular weight is 461 g/mol. The number of amides is 1. The van der Waals surface area contributed by atoms with Crippen molar-refractivity contribution in [2.24, 2.45) is 0 Å². The fraction of sp³-hybridized carbons (Fsp3) is 0.360. The number of aromatic nitrogens is 3. The molecule has 34 heavy (non-hydrogen) atoms. The summed E-state index contributed by atoms with van der Waals surface area (Å²) in [6.07, 6.45) is 3.51. The molecule has 2 fully saturated rings. The van der Waals surface area contributed by atoms with Gasteiger partial charge < -0.3 is 24.6 Å². The molecule has 1 aromatic carbocycles. The Balaban J connectivity index is 1.34. The molecule has 1 N–H and O–H groups in total. The van der Waals surface area contributed by atoms with Crippen LogP contribution in [0.15, 0.2) is 49.3 Å². The van der Waals surface area contributed by atoms with Gasteiger partial charge in [-0.1, -0.05) is 6.58 Å². The lowest BCUT2D eigenvalue weighted by Crippen LogP contribution is -2.36. The highest BCUT2D eigenvalue weighted by atomic mass is 16.5. The van der Waals surface area contributed by atoms with Crippen LogP contribution in [0.4, 0.5) is 17.2 Å². The van der Waals surface area contributed by atoms with Crippen molar-refractivity contribution in [2.75, 3.05) is 49.6 Å². The summed E-state index contributed by atoms with van der Waals surface area (Å²) in [5, 5.41) is 3.39. The van der Waals surface area contributed by atoms with Crippen molar-refractivity contribution in [1.82, 2.24) is 19.9 Å². The molecule has 2 aliphatic heterocycles. The first-order valence-electron chi connectivity index (χ1n) is 11.5. The van der Waals surface area contributed by atoms with E-state index >= 15 is 0 Å². The standard InChI is InChI=1S/C25H28N6O3/c1-3-23(32)31-9-8-19(15-31)34-22-7-5-20-24(29-22)25(27-16-26-20)28-18-4-6-21(17(2)14-18)30-10-12-33-13-11-30/h3-7,14,16,19H,1,8-13,15H2,2H3,(H,26,27,28)/t19-/m0/s1. The Morgan fingerprint density at radius 1 is 1.21 bits per heavy atom. The lowest BCUT2D eigenvalue weighted by Gasteiger charge is -2.30.